The fourth-order valence-electron chi connectivity index (χ4n) is 3.70. The van der Waals surface area contributed by atoms with Crippen molar-refractivity contribution >= 4 is 10.0 Å². The van der Waals surface area contributed by atoms with Crippen LogP contribution < -0.4 is 4.74 Å². The molecule has 0 spiro atoms. The summed E-state index contributed by atoms with van der Waals surface area (Å²) in [6.45, 7) is 6.33. The Labute approximate surface area is 149 Å². The Hall–Kier alpha value is -1.86. The van der Waals surface area contributed by atoms with Gasteiger partial charge >= 0.3 is 0 Å². The fraction of sp³-hybridized carbons (Fsp3) is 0.500. The Morgan fingerprint density at radius 1 is 1.24 bits per heavy atom. The lowest BCUT2D eigenvalue weighted by atomic mass is 10.0. The van der Waals surface area contributed by atoms with E-state index in [4.69, 9.17) is 4.74 Å². The van der Waals surface area contributed by atoms with Crippen LogP contribution in [0.2, 0.25) is 0 Å². The number of nitrogens with zero attached hydrogens (tertiary/aromatic N) is 3. The monoisotopic (exact) mass is 363 g/mol. The summed E-state index contributed by atoms with van der Waals surface area (Å²) in [5, 5.41) is 4.46. The fourth-order valence-corrected chi connectivity index (χ4v) is 5.61. The van der Waals surface area contributed by atoms with Crippen molar-refractivity contribution in [2.24, 2.45) is 7.05 Å². The number of aromatic nitrogens is 2. The highest BCUT2D eigenvalue weighted by atomic mass is 32.2. The average Bonchev–Trinajstić information content (AvgIpc) is 3.13. The maximum Gasteiger partial charge on any atom is 0.247 e. The Morgan fingerprint density at radius 2 is 1.96 bits per heavy atom. The quantitative estimate of drug-likeness (QED) is 0.838. The summed E-state index contributed by atoms with van der Waals surface area (Å²) in [5.74, 6) is 0.385. The van der Waals surface area contributed by atoms with E-state index in [2.05, 4.69) is 5.10 Å². The molecule has 0 N–H and O–H groups in total. The van der Waals surface area contributed by atoms with Gasteiger partial charge < -0.3 is 4.74 Å². The molecule has 25 heavy (non-hydrogen) atoms. The van der Waals surface area contributed by atoms with Gasteiger partial charge in [0.05, 0.1) is 18.8 Å². The van der Waals surface area contributed by atoms with Crippen molar-refractivity contribution in [1.29, 1.82) is 0 Å². The summed E-state index contributed by atoms with van der Waals surface area (Å²) < 4.78 is 35.5. The van der Waals surface area contributed by atoms with Gasteiger partial charge in [0.1, 0.15) is 10.6 Å². The second-order valence-corrected chi connectivity index (χ2v) is 8.50. The van der Waals surface area contributed by atoms with Crippen molar-refractivity contribution < 1.29 is 13.2 Å². The van der Waals surface area contributed by atoms with E-state index in [9.17, 15) is 8.42 Å². The maximum atomic E-state index is 13.4. The molecule has 1 aliphatic rings. The average molecular weight is 363 g/mol. The van der Waals surface area contributed by atoms with E-state index in [1.54, 1.807) is 16.4 Å². The number of methoxy groups -OCH3 is 1. The predicted molar refractivity (Wildman–Crippen MR) is 96.3 cm³/mol. The largest absolute Gasteiger partial charge is 0.495 e. The summed E-state index contributed by atoms with van der Waals surface area (Å²) in [4.78, 5) is 0.237. The third-order valence-corrected chi connectivity index (χ3v) is 6.94. The highest BCUT2D eigenvalue weighted by molar-refractivity contribution is 7.89. The molecule has 2 aromatic rings. The lowest BCUT2D eigenvalue weighted by Gasteiger charge is -2.25. The van der Waals surface area contributed by atoms with Gasteiger partial charge in [-0.15, -0.1) is 0 Å². The molecule has 0 bridgehead atoms. The molecule has 1 aliphatic heterocycles. The molecule has 1 aromatic heterocycles. The first kappa shape index (κ1) is 17.9. The number of rotatable bonds is 4. The zero-order chi connectivity index (χ0) is 18.4. The minimum Gasteiger partial charge on any atom is -0.495 e. The smallest absolute Gasteiger partial charge is 0.247 e. The summed E-state index contributed by atoms with van der Waals surface area (Å²) in [7, 11) is -0.262. The van der Waals surface area contributed by atoms with Crippen molar-refractivity contribution in [2.75, 3.05) is 13.7 Å². The molecular weight excluding hydrogens is 338 g/mol. The van der Waals surface area contributed by atoms with E-state index >= 15 is 0 Å². The van der Waals surface area contributed by atoms with Crippen LogP contribution in [0.15, 0.2) is 23.1 Å². The van der Waals surface area contributed by atoms with E-state index in [1.807, 2.05) is 38.6 Å². The van der Waals surface area contributed by atoms with Gasteiger partial charge in [0.25, 0.3) is 0 Å². The second-order valence-electron chi connectivity index (χ2n) is 6.64. The van der Waals surface area contributed by atoms with Crippen molar-refractivity contribution in [3.63, 3.8) is 0 Å². The van der Waals surface area contributed by atoms with E-state index < -0.39 is 10.0 Å². The molecule has 3 rings (SSSR count). The molecule has 1 atom stereocenters. The van der Waals surface area contributed by atoms with Gasteiger partial charge in [-0.1, -0.05) is 6.07 Å². The molecule has 6 nitrogen and oxygen atoms in total. The van der Waals surface area contributed by atoms with Gasteiger partial charge in [-0.25, -0.2) is 8.42 Å². The highest BCUT2D eigenvalue weighted by Gasteiger charge is 2.39. The van der Waals surface area contributed by atoms with Crippen molar-refractivity contribution in [3.05, 3.63) is 40.7 Å². The minimum atomic E-state index is -3.65. The summed E-state index contributed by atoms with van der Waals surface area (Å²) >= 11 is 0. The first-order valence-corrected chi connectivity index (χ1v) is 9.88. The molecule has 2 heterocycles. The molecule has 1 fully saturated rings. The van der Waals surface area contributed by atoms with Crippen LogP contribution in [0.1, 0.15) is 41.4 Å². The van der Waals surface area contributed by atoms with E-state index in [1.165, 1.54) is 7.11 Å². The highest BCUT2D eigenvalue weighted by Crippen LogP contribution is 2.40. The summed E-state index contributed by atoms with van der Waals surface area (Å²) in [6, 6.07) is 5.08. The van der Waals surface area contributed by atoms with Crippen LogP contribution in [0.3, 0.4) is 0 Å². The van der Waals surface area contributed by atoms with Crippen LogP contribution in [0.4, 0.5) is 0 Å². The molecule has 1 aromatic carbocycles. The Bertz CT molecular complexity index is 903. The Kier molecular flexibility index (Phi) is 4.64. The number of sulfonamides is 1. The van der Waals surface area contributed by atoms with Crippen LogP contribution in [0.5, 0.6) is 5.75 Å². The number of benzene rings is 1. The van der Waals surface area contributed by atoms with Gasteiger partial charge in [0.15, 0.2) is 0 Å². The minimum absolute atomic E-state index is 0.177. The molecule has 0 saturated carbocycles. The molecular formula is C18H25N3O3S. The maximum absolute atomic E-state index is 13.4. The van der Waals surface area contributed by atoms with Gasteiger partial charge in [0.2, 0.25) is 10.0 Å². The normalized spacial score (nSPS) is 18.7. The van der Waals surface area contributed by atoms with Crippen LogP contribution >= 0.6 is 0 Å². The van der Waals surface area contributed by atoms with Gasteiger partial charge in [-0.2, -0.15) is 9.40 Å². The molecule has 0 amide bonds. The molecule has 7 heteroatoms. The first-order valence-electron chi connectivity index (χ1n) is 8.44. The van der Waals surface area contributed by atoms with Crippen molar-refractivity contribution in [2.45, 2.75) is 44.6 Å². The molecule has 136 valence electrons. The van der Waals surface area contributed by atoms with Gasteiger partial charge in [-0.3, -0.25) is 4.68 Å². The molecule has 1 saturated heterocycles. The Morgan fingerprint density at radius 3 is 2.56 bits per heavy atom. The van der Waals surface area contributed by atoms with Gasteiger partial charge in [-0.05, 0) is 51.3 Å². The third-order valence-electron chi connectivity index (χ3n) is 5.01. The van der Waals surface area contributed by atoms with Crippen LogP contribution in [0, 0.1) is 20.8 Å². The standard InChI is InChI=1S/C18H25N3O3S/c1-12-8-9-16(24-5)17(11-12)25(22,23)21-10-6-7-15(21)18-13(2)19-20(4)14(18)3/h8-9,11,15H,6-7,10H2,1-5H3. The molecule has 1 unspecified atom stereocenters. The van der Waals surface area contributed by atoms with Crippen LogP contribution in [-0.2, 0) is 17.1 Å². The van der Waals surface area contributed by atoms with Crippen molar-refractivity contribution in [1.82, 2.24) is 14.1 Å². The number of hydrogen-bond donors (Lipinski definition) is 0. The zero-order valence-electron chi connectivity index (χ0n) is 15.4. The van der Waals surface area contributed by atoms with E-state index in [0.29, 0.717) is 12.3 Å². The van der Waals surface area contributed by atoms with Crippen molar-refractivity contribution in [3.8, 4) is 5.75 Å². The number of hydrogen-bond acceptors (Lipinski definition) is 4. The predicted octanol–water partition coefficient (Wildman–Crippen LogP) is 2.88. The van der Waals surface area contributed by atoms with Crippen LogP contribution in [0.25, 0.3) is 0 Å². The third kappa shape index (κ3) is 2.95. The Balaban J connectivity index is 2.09. The van der Waals surface area contributed by atoms with Gasteiger partial charge in [0, 0.05) is 24.8 Å². The van der Waals surface area contributed by atoms with E-state index in [0.717, 1.165) is 35.4 Å². The number of ether oxygens (including phenoxy) is 1. The molecule has 0 aliphatic carbocycles. The SMILES string of the molecule is COc1ccc(C)cc1S(=O)(=O)N1CCCC1c1c(C)nn(C)c1C. The number of aryl methyl sites for hydroxylation is 3. The second kappa shape index (κ2) is 6.46. The summed E-state index contributed by atoms with van der Waals surface area (Å²) in [5.41, 5.74) is 3.82. The zero-order valence-corrected chi connectivity index (χ0v) is 16.2. The van der Waals surface area contributed by atoms with E-state index in [-0.39, 0.29) is 10.9 Å². The lowest BCUT2D eigenvalue weighted by molar-refractivity contribution is 0.379. The van der Waals surface area contributed by atoms with Crippen LogP contribution in [-0.4, -0.2) is 36.2 Å². The summed E-state index contributed by atoms with van der Waals surface area (Å²) in [6.07, 6.45) is 1.65. The first-order chi connectivity index (χ1) is 11.8. The topological polar surface area (TPSA) is 64.4 Å². The molecule has 0 radical (unpaired) electrons. The lowest BCUT2D eigenvalue weighted by Crippen LogP contribution is -2.31.